The van der Waals surface area contributed by atoms with Crippen molar-refractivity contribution in [3.05, 3.63) is 47.5 Å². The van der Waals surface area contributed by atoms with Gasteiger partial charge in [-0.3, -0.25) is 4.90 Å². The minimum atomic E-state index is -0.457. The van der Waals surface area contributed by atoms with E-state index in [2.05, 4.69) is 4.90 Å². The summed E-state index contributed by atoms with van der Waals surface area (Å²) in [5, 5.41) is 0. The predicted molar refractivity (Wildman–Crippen MR) is 125 cm³/mol. The Labute approximate surface area is 190 Å². The van der Waals surface area contributed by atoms with E-state index in [9.17, 15) is 4.79 Å². The Kier molecular flexibility index (Phi) is 9.40. The van der Waals surface area contributed by atoms with Crippen LogP contribution in [0.2, 0.25) is 0 Å². The van der Waals surface area contributed by atoms with Gasteiger partial charge in [-0.25, -0.2) is 4.79 Å². The second-order valence-corrected chi connectivity index (χ2v) is 6.97. The van der Waals surface area contributed by atoms with E-state index in [0.717, 1.165) is 18.7 Å². The molecule has 1 atom stereocenters. The fourth-order valence-corrected chi connectivity index (χ4v) is 3.43. The first-order chi connectivity index (χ1) is 15.4. The normalized spacial score (nSPS) is 12.3. The Morgan fingerprint density at radius 1 is 0.938 bits per heavy atom. The van der Waals surface area contributed by atoms with Crippen LogP contribution in [0.25, 0.3) is 11.6 Å². The molecule has 0 saturated carbocycles. The van der Waals surface area contributed by atoms with Gasteiger partial charge in [-0.05, 0) is 61.5 Å². The van der Waals surface area contributed by atoms with Gasteiger partial charge in [0, 0.05) is 0 Å². The van der Waals surface area contributed by atoms with Crippen molar-refractivity contribution >= 4 is 17.6 Å². The summed E-state index contributed by atoms with van der Waals surface area (Å²) in [4.78, 5) is 15.4. The van der Waals surface area contributed by atoms with Gasteiger partial charge in [0.15, 0.2) is 17.7 Å². The van der Waals surface area contributed by atoms with Crippen LogP contribution in [0, 0.1) is 0 Å². The van der Waals surface area contributed by atoms with Crippen molar-refractivity contribution in [1.29, 1.82) is 0 Å². The molecule has 1 unspecified atom stereocenters. The van der Waals surface area contributed by atoms with Crippen molar-refractivity contribution in [3.63, 3.8) is 0 Å². The Balaban J connectivity index is 2.60. The van der Waals surface area contributed by atoms with Gasteiger partial charge in [-0.15, -0.1) is 0 Å². The van der Waals surface area contributed by atoms with Gasteiger partial charge in [0.2, 0.25) is 5.75 Å². The quantitative estimate of drug-likeness (QED) is 0.219. The van der Waals surface area contributed by atoms with E-state index >= 15 is 0 Å². The highest BCUT2D eigenvalue weighted by Crippen LogP contribution is 2.40. The molecule has 32 heavy (non-hydrogen) atoms. The first kappa shape index (κ1) is 25.1. The van der Waals surface area contributed by atoms with E-state index in [1.54, 1.807) is 25.3 Å². The minimum Gasteiger partial charge on any atom is -0.497 e. The number of rotatable bonds is 11. The highest BCUT2D eigenvalue weighted by molar-refractivity contribution is 6.21. The molecule has 0 spiro atoms. The van der Waals surface area contributed by atoms with Gasteiger partial charge in [-0.2, -0.15) is 0 Å². The molecule has 174 valence electrons. The summed E-state index contributed by atoms with van der Waals surface area (Å²) in [6.45, 7) is 7.46. The average Bonchev–Trinajstić information content (AvgIpc) is 2.82. The van der Waals surface area contributed by atoms with Gasteiger partial charge in [0.05, 0.1) is 34.0 Å². The van der Waals surface area contributed by atoms with Crippen LogP contribution in [-0.4, -0.2) is 58.6 Å². The van der Waals surface area contributed by atoms with Crippen LogP contribution in [0.15, 0.2) is 36.4 Å². The molecule has 0 saturated heterocycles. The maximum atomic E-state index is 13.3. The second kappa shape index (κ2) is 12.0. The third kappa shape index (κ3) is 5.95. The molecule has 7 nitrogen and oxygen atoms in total. The van der Waals surface area contributed by atoms with E-state index in [4.69, 9.17) is 23.7 Å². The molecular weight excluding hydrogens is 410 g/mol. The number of carbonyl (C=O) groups is 1. The number of hydrogen-bond donors (Lipinski definition) is 0. The lowest BCUT2D eigenvalue weighted by Crippen LogP contribution is -2.36. The first-order valence-electron chi connectivity index (χ1n) is 10.5. The highest BCUT2D eigenvalue weighted by atomic mass is 16.6. The van der Waals surface area contributed by atoms with E-state index in [1.165, 1.54) is 21.3 Å². The first-order valence-corrected chi connectivity index (χ1v) is 10.5. The zero-order valence-electron chi connectivity index (χ0n) is 19.9. The Hall–Kier alpha value is -3.19. The van der Waals surface area contributed by atoms with E-state index < -0.39 is 5.97 Å². The van der Waals surface area contributed by atoms with Crippen molar-refractivity contribution < 1.29 is 28.5 Å². The average molecular weight is 444 g/mol. The van der Waals surface area contributed by atoms with E-state index in [0.29, 0.717) is 34.1 Å². The van der Waals surface area contributed by atoms with Crippen molar-refractivity contribution in [1.82, 2.24) is 4.90 Å². The lowest BCUT2D eigenvalue weighted by molar-refractivity contribution is -0.149. The fourth-order valence-electron chi connectivity index (χ4n) is 3.43. The van der Waals surface area contributed by atoms with Crippen LogP contribution < -0.4 is 18.9 Å². The monoisotopic (exact) mass is 443 g/mol. The molecule has 0 aliphatic rings. The molecule has 0 fully saturated rings. The van der Waals surface area contributed by atoms with Gasteiger partial charge < -0.3 is 23.7 Å². The summed E-state index contributed by atoms with van der Waals surface area (Å²) in [6.07, 6.45) is 1.38. The summed E-state index contributed by atoms with van der Waals surface area (Å²) in [6, 6.07) is 10.9. The molecule has 0 bridgehead atoms. The highest BCUT2D eigenvalue weighted by Gasteiger charge is 2.23. The van der Waals surface area contributed by atoms with Gasteiger partial charge in [-0.1, -0.05) is 26.0 Å². The topological polar surface area (TPSA) is 66.5 Å². The lowest BCUT2D eigenvalue weighted by atomic mass is 10.0. The molecule has 0 aliphatic heterocycles. The van der Waals surface area contributed by atoms with Crippen LogP contribution in [-0.2, 0) is 9.53 Å². The van der Waals surface area contributed by atoms with Crippen LogP contribution in [0.3, 0.4) is 0 Å². The maximum Gasteiger partial charge on any atom is 0.340 e. The molecule has 0 aliphatic carbocycles. The van der Waals surface area contributed by atoms with Gasteiger partial charge in [0.1, 0.15) is 5.75 Å². The lowest BCUT2D eigenvalue weighted by Gasteiger charge is -2.26. The predicted octanol–water partition coefficient (Wildman–Crippen LogP) is 4.49. The third-order valence-corrected chi connectivity index (χ3v) is 5.20. The molecule has 0 aromatic heterocycles. The molecule has 7 heteroatoms. The third-order valence-electron chi connectivity index (χ3n) is 5.20. The number of nitrogens with zero attached hydrogens (tertiary/aromatic N) is 1. The standard InChI is InChI=1S/C25H33NO6/c1-8-26(9-2)17(3)32-25(27)21(14-18-11-10-12-20(13-18)28-4)19-15-22(29-5)24(31-7)23(16-19)30-6/h10-17H,8-9H2,1-7H3. The summed E-state index contributed by atoms with van der Waals surface area (Å²) < 4.78 is 27.5. The van der Waals surface area contributed by atoms with Gasteiger partial charge in [0.25, 0.3) is 0 Å². The summed E-state index contributed by atoms with van der Waals surface area (Å²) in [5.41, 5.74) is 1.73. The Morgan fingerprint density at radius 2 is 1.56 bits per heavy atom. The molecule has 0 amide bonds. The molecule has 2 rings (SSSR count). The largest absolute Gasteiger partial charge is 0.497 e. The van der Waals surface area contributed by atoms with Crippen molar-refractivity contribution in [3.8, 4) is 23.0 Å². The molecule has 2 aromatic carbocycles. The smallest absolute Gasteiger partial charge is 0.340 e. The molecule has 2 aromatic rings. The molecule has 0 N–H and O–H groups in total. The number of ether oxygens (including phenoxy) is 5. The van der Waals surface area contributed by atoms with Crippen LogP contribution in [0.1, 0.15) is 31.9 Å². The number of carbonyl (C=O) groups excluding carboxylic acids is 1. The zero-order valence-corrected chi connectivity index (χ0v) is 19.9. The number of benzene rings is 2. The van der Waals surface area contributed by atoms with E-state index in [1.807, 2.05) is 45.0 Å². The number of esters is 1. The summed E-state index contributed by atoms with van der Waals surface area (Å²) in [7, 11) is 6.20. The minimum absolute atomic E-state index is 0.358. The molecule has 0 heterocycles. The van der Waals surface area contributed by atoms with Crippen molar-refractivity contribution in [2.75, 3.05) is 41.5 Å². The van der Waals surface area contributed by atoms with Crippen molar-refractivity contribution in [2.45, 2.75) is 27.0 Å². The SMILES string of the molecule is CCN(CC)C(C)OC(=O)C(=Cc1cccc(OC)c1)c1cc(OC)c(OC)c(OC)c1. The maximum absolute atomic E-state index is 13.3. The fraction of sp³-hybridized carbons (Fsp3) is 0.400. The Morgan fingerprint density at radius 3 is 2.06 bits per heavy atom. The van der Waals surface area contributed by atoms with Crippen LogP contribution in [0.4, 0.5) is 0 Å². The zero-order chi connectivity index (χ0) is 23.7. The molecule has 0 radical (unpaired) electrons. The number of hydrogen-bond acceptors (Lipinski definition) is 7. The number of methoxy groups -OCH3 is 4. The summed E-state index contributed by atoms with van der Waals surface area (Å²) >= 11 is 0. The summed E-state index contributed by atoms with van der Waals surface area (Å²) in [5.74, 6) is 1.57. The van der Waals surface area contributed by atoms with Gasteiger partial charge >= 0.3 is 5.97 Å². The van der Waals surface area contributed by atoms with Crippen LogP contribution >= 0.6 is 0 Å². The van der Waals surface area contributed by atoms with Crippen molar-refractivity contribution in [2.24, 2.45) is 0 Å². The second-order valence-electron chi connectivity index (χ2n) is 6.97. The Bertz CT molecular complexity index is 911. The van der Waals surface area contributed by atoms with Crippen LogP contribution in [0.5, 0.6) is 23.0 Å². The molecular formula is C25H33NO6. The van der Waals surface area contributed by atoms with E-state index in [-0.39, 0.29) is 6.23 Å².